The monoisotopic (exact) mass is 222 g/mol. The number of hydrogen-bond donors (Lipinski definition) is 2. The van der Waals surface area contributed by atoms with Gasteiger partial charge in [0.1, 0.15) is 5.75 Å². The van der Waals surface area contributed by atoms with Crippen molar-refractivity contribution >= 4 is 5.69 Å². The van der Waals surface area contributed by atoms with Gasteiger partial charge >= 0.3 is 0 Å². The van der Waals surface area contributed by atoms with Gasteiger partial charge in [0.05, 0.1) is 12.8 Å². The highest BCUT2D eigenvalue weighted by molar-refractivity contribution is 5.57. The second kappa shape index (κ2) is 5.21. The molecular weight excluding hydrogens is 200 g/mol. The summed E-state index contributed by atoms with van der Waals surface area (Å²) in [6.45, 7) is 6.98. The van der Waals surface area contributed by atoms with Crippen LogP contribution >= 0.6 is 0 Å². The highest BCUT2D eigenvalue weighted by Gasteiger charge is 2.10. The minimum absolute atomic E-state index is 0.135. The molecule has 0 unspecified atom stereocenters. The quantitative estimate of drug-likeness (QED) is 0.805. The van der Waals surface area contributed by atoms with Crippen LogP contribution in [0.2, 0.25) is 0 Å². The number of rotatable bonds is 5. The number of nitrogens with two attached hydrogens (primary N) is 1. The standard InChI is InChI=1S/C13H22N2O/c1-10-5-6-12(16-4)11(9-10)15-8-7-13(2,3)14/h5-6,9,15H,7-8,14H2,1-4H3. The molecular formula is C13H22N2O. The predicted molar refractivity (Wildman–Crippen MR) is 69.1 cm³/mol. The van der Waals surface area contributed by atoms with E-state index in [2.05, 4.69) is 18.3 Å². The molecule has 0 saturated heterocycles. The smallest absolute Gasteiger partial charge is 0.141 e. The van der Waals surface area contributed by atoms with Gasteiger partial charge in [0.2, 0.25) is 0 Å². The van der Waals surface area contributed by atoms with Crippen molar-refractivity contribution in [1.82, 2.24) is 0 Å². The van der Waals surface area contributed by atoms with Crippen LogP contribution in [0.1, 0.15) is 25.8 Å². The summed E-state index contributed by atoms with van der Waals surface area (Å²) in [4.78, 5) is 0. The molecule has 0 saturated carbocycles. The van der Waals surface area contributed by atoms with Gasteiger partial charge in [-0.25, -0.2) is 0 Å². The van der Waals surface area contributed by atoms with Crippen molar-refractivity contribution in [3.05, 3.63) is 23.8 Å². The van der Waals surface area contributed by atoms with Gasteiger partial charge in [0.25, 0.3) is 0 Å². The van der Waals surface area contributed by atoms with Crippen LogP contribution in [-0.4, -0.2) is 19.2 Å². The number of benzene rings is 1. The van der Waals surface area contributed by atoms with E-state index >= 15 is 0 Å². The Morgan fingerprint density at radius 1 is 1.38 bits per heavy atom. The van der Waals surface area contributed by atoms with Crippen LogP contribution in [0, 0.1) is 6.92 Å². The lowest BCUT2D eigenvalue weighted by atomic mass is 10.0. The highest BCUT2D eigenvalue weighted by Crippen LogP contribution is 2.25. The van der Waals surface area contributed by atoms with Gasteiger partial charge in [-0.2, -0.15) is 0 Å². The number of aryl methyl sites for hydroxylation is 1. The summed E-state index contributed by atoms with van der Waals surface area (Å²) in [6, 6.07) is 6.10. The Labute approximate surface area is 98.0 Å². The molecule has 0 fully saturated rings. The molecule has 0 aliphatic carbocycles. The molecule has 0 aromatic heterocycles. The zero-order valence-electron chi connectivity index (χ0n) is 10.6. The molecule has 1 rings (SSSR count). The summed E-state index contributed by atoms with van der Waals surface area (Å²) >= 11 is 0. The van der Waals surface area contributed by atoms with Crippen LogP contribution in [0.25, 0.3) is 0 Å². The van der Waals surface area contributed by atoms with Crippen LogP contribution in [0.3, 0.4) is 0 Å². The Morgan fingerprint density at radius 3 is 2.62 bits per heavy atom. The van der Waals surface area contributed by atoms with Crippen molar-refractivity contribution in [1.29, 1.82) is 0 Å². The number of nitrogens with one attached hydrogen (secondary N) is 1. The molecule has 16 heavy (non-hydrogen) atoms. The normalized spacial score (nSPS) is 11.3. The second-order valence-corrected chi connectivity index (χ2v) is 4.87. The lowest BCUT2D eigenvalue weighted by molar-refractivity contribution is 0.416. The average molecular weight is 222 g/mol. The fourth-order valence-corrected chi connectivity index (χ4v) is 1.48. The molecule has 3 nitrogen and oxygen atoms in total. The average Bonchev–Trinajstić information content (AvgIpc) is 2.16. The van der Waals surface area contributed by atoms with Crippen molar-refractivity contribution in [3.8, 4) is 5.75 Å². The molecule has 3 heteroatoms. The molecule has 0 bridgehead atoms. The zero-order valence-corrected chi connectivity index (χ0v) is 10.6. The number of anilines is 1. The van der Waals surface area contributed by atoms with Crippen molar-refractivity contribution in [2.45, 2.75) is 32.7 Å². The SMILES string of the molecule is COc1ccc(C)cc1NCCC(C)(C)N. The van der Waals surface area contributed by atoms with Gasteiger partial charge in [-0.1, -0.05) is 6.07 Å². The Balaban J connectivity index is 2.62. The van der Waals surface area contributed by atoms with E-state index in [0.717, 1.165) is 24.4 Å². The number of methoxy groups -OCH3 is 1. The van der Waals surface area contributed by atoms with E-state index in [1.54, 1.807) is 7.11 Å². The van der Waals surface area contributed by atoms with Crippen molar-refractivity contribution in [2.75, 3.05) is 19.0 Å². The number of hydrogen-bond acceptors (Lipinski definition) is 3. The highest BCUT2D eigenvalue weighted by atomic mass is 16.5. The Kier molecular flexibility index (Phi) is 4.19. The fraction of sp³-hybridized carbons (Fsp3) is 0.538. The van der Waals surface area contributed by atoms with E-state index in [1.165, 1.54) is 5.56 Å². The molecule has 0 amide bonds. The third-order valence-corrected chi connectivity index (χ3v) is 2.44. The maximum atomic E-state index is 5.93. The third kappa shape index (κ3) is 4.11. The first-order valence-electron chi connectivity index (χ1n) is 5.60. The van der Waals surface area contributed by atoms with Crippen molar-refractivity contribution < 1.29 is 4.74 Å². The summed E-state index contributed by atoms with van der Waals surface area (Å²) in [7, 11) is 1.68. The second-order valence-electron chi connectivity index (χ2n) is 4.87. The molecule has 0 aliphatic heterocycles. The van der Waals surface area contributed by atoms with Gasteiger partial charge in [-0.05, 0) is 44.9 Å². The maximum Gasteiger partial charge on any atom is 0.141 e. The molecule has 0 heterocycles. The summed E-state index contributed by atoms with van der Waals surface area (Å²) in [5.41, 5.74) is 8.05. The molecule has 0 spiro atoms. The lowest BCUT2D eigenvalue weighted by Crippen LogP contribution is -2.34. The lowest BCUT2D eigenvalue weighted by Gasteiger charge is -2.19. The van der Waals surface area contributed by atoms with Crippen LogP contribution in [0.5, 0.6) is 5.75 Å². The van der Waals surface area contributed by atoms with Gasteiger partial charge in [-0.15, -0.1) is 0 Å². The Hall–Kier alpha value is -1.22. The molecule has 90 valence electrons. The third-order valence-electron chi connectivity index (χ3n) is 2.44. The van der Waals surface area contributed by atoms with Gasteiger partial charge in [-0.3, -0.25) is 0 Å². The molecule has 1 aromatic rings. The van der Waals surface area contributed by atoms with E-state index in [-0.39, 0.29) is 5.54 Å². The molecule has 0 aliphatic rings. The molecule has 3 N–H and O–H groups in total. The van der Waals surface area contributed by atoms with E-state index in [0.29, 0.717) is 0 Å². The zero-order chi connectivity index (χ0) is 12.2. The van der Waals surface area contributed by atoms with Crippen LogP contribution in [-0.2, 0) is 0 Å². The van der Waals surface area contributed by atoms with Crippen LogP contribution < -0.4 is 15.8 Å². The van der Waals surface area contributed by atoms with E-state index in [4.69, 9.17) is 10.5 Å². The van der Waals surface area contributed by atoms with Crippen LogP contribution in [0.4, 0.5) is 5.69 Å². The first-order valence-corrected chi connectivity index (χ1v) is 5.60. The topological polar surface area (TPSA) is 47.3 Å². The van der Waals surface area contributed by atoms with Gasteiger partial charge < -0.3 is 15.8 Å². The Morgan fingerprint density at radius 2 is 2.06 bits per heavy atom. The minimum atomic E-state index is -0.135. The minimum Gasteiger partial charge on any atom is -0.495 e. The van der Waals surface area contributed by atoms with Gasteiger partial charge in [0.15, 0.2) is 0 Å². The van der Waals surface area contributed by atoms with E-state index < -0.39 is 0 Å². The van der Waals surface area contributed by atoms with Gasteiger partial charge in [0, 0.05) is 12.1 Å². The van der Waals surface area contributed by atoms with Crippen molar-refractivity contribution in [3.63, 3.8) is 0 Å². The van der Waals surface area contributed by atoms with Crippen molar-refractivity contribution in [2.24, 2.45) is 5.73 Å². The maximum absolute atomic E-state index is 5.93. The first-order chi connectivity index (χ1) is 7.42. The summed E-state index contributed by atoms with van der Waals surface area (Å²) in [5, 5.41) is 3.36. The summed E-state index contributed by atoms with van der Waals surface area (Å²) < 4.78 is 5.29. The summed E-state index contributed by atoms with van der Waals surface area (Å²) in [5.74, 6) is 0.875. The largest absolute Gasteiger partial charge is 0.495 e. The fourth-order valence-electron chi connectivity index (χ4n) is 1.48. The number of ether oxygens (including phenoxy) is 1. The van der Waals surface area contributed by atoms with Crippen LogP contribution in [0.15, 0.2) is 18.2 Å². The molecule has 0 radical (unpaired) electrons. The van der Waals surface area contributed by atoms with E-state index in [9.17, 15) is 0 Å². The molecule has 0 atom stereocenters. The van der Waals surface area contributed by atoms with E-state index in [1.807, 2.05) is 26.0 Å². The molecule has 1 aromatic carbocycles. The summed E-state index contributed by atoms with van der Waals surface area (Å²) in [6.07, 6.45) is 0.921. The first kappa shape index (κ1) is 12.8. The Bertz CT molecular complexity index is 342. The predicted octanol–water partition coefficient (Wildman–Crippen LogP) is 2.54.